The molecule has 0 radical (unpaired) electrons. The van der Waals surface area contributed by atoms with Crippen LogP contribution in [0.4, 0.5) is 0 Å². The number of aryl methyl sites for hydroxylation is 1. The molecule has 5 rings (SSSR count). The van der Waals surface area contributed by atoms with Crippen LogP contribution in [0, 0.1) is 6.92 Å². The minimum absolute atomic E-state index is 0.690. The first-order chi connectivity index (χ1) is 13.8. The molecule has 0 N–H and O–H groups in total. The summed E-state index contributed by atoms with van der Waals surface area (Å²) in [6.07, 6.45) is 1.65. The SMILES string of the molecule is Cc1occc1-c1nnc2n1N=C(c1ccc(Oc3ccccc3)cc1)CS2. The summed E-state index contributed by atoms with van der Waals surface area (Å²) < 4.78 is 13.1. The summed E-state index contributed by atoms with van der Waals surface area (Å²) >= 11 is 1.62. The Hall–Kier alpha value is -3.32. The molecule has 0 atom stereocenters. The fraction of sp³-hybridized carbons (Fsp3) is 0.0952. The van der Waals surface area contributed by atoms with Crippen LogP contribution in [0.25, 0.3) is 11.4 Å². The molecule has 3 heterocycles. The van der Waals surface area contributed by atoms with Gasteiger partial charge >= 0.3 is 0 Å². The van der Waals surface area contributed by atoms with E-state index in [1.165, 1.54) is 0 Å². The van der Waals surface area contributed by atoms with Crippen molar-refractivity contribution < 1.29 is 9.15 Å². The Labute approximate surface area is 165 Å². The third-order valence-electron chi connectivity index (χ3n) is 4.44. The molecule has 28 heavy (non-hydrogen) atoms. The van der Waals surface area contributed by atoms with Crippen molar-refractivity contribution >= 4 is 17.5 Å². The van der Waals surface area contributed by atoms with Crippen LogP contribution in [-0.2, 0) is 0 Å². The summed E-state index contributed by atoms with van der Waals surface area (Å²) in [6.45, 7) is 1.91. The molecular weight excluding hydrogens is 372 g/mol. The number of rotatable bonds is 4. The molecule has 0 unspecified atom stereocenters. The first-order valence-electron chi connectivity index (χ1n) is 8.82. The quantitative estimate of drug-likeness (QED) is 0.492. The number of hydrogen-bond donors (Lipinski definition) is 0. The zero-order valence-electron chi connectivity index (χ0n) is 15.1. The van der Waals surface area contributed by atoms with E-state index in [1.54, 1.807) is 22.7 Å². The van der Waals surface area contributed by atoms with Gasteiger partial charge < -0.3 is 9.15 Å². The summed E-state index contributed by atoms with van der Waals surface area (Å²) in [5.74, 6) is 3.83. The van der Waals surface area contributed by atoms with Gasteiger partial charge in [0, 0.05) is 5.75 Å². The van der Waals surface area contributed by atoms with E-state index >= 15 is 0 Å². The molecule has 7 heteroatoms. The van der Waals surface area contributed by atoms with E-state index in [-0.39, 0.29) is 0 Å². The number of thioether (sulfide) groups is 1. The number of benzene rings is 2. The summed E-state index contributed by atoms with van der Waals surface area (Å²) in [7, 11) is 0. The van der Waals surface area contributed by atoms with Gasteiger partial charge in [0.05, 0.1) is 17.5 Å². The predicted molar refractivity (Wildman–Crippen MR) is 108 cm³/mol. The van der Waals surface area contributed by atoms with Crippen molar-refractivity contribution in [1.82, 2.24) is 14.9 Å². The lowest BCUT2D eigenvalue weighted by Gasteiger charge is -2.14. The topological polar surface area (TPSA) is 65.4 Å². The van der Waals surface area contributed by atoms with Crippen molar-refractivity contribution in [2.24, 2.45) is 5.10 Å². The van der Waals surface area contributed by atoms with E-state index in [0.29, 0.717) is 5.82 Å². The summed E-state index contributed by atoms with van der Waals surface area (Å²) in [5.41, 5.74) is 2.91. The Morgan fingerprint density at radius 3 is 2.50 bits per heavy atom. The van der Waals surface area contributed by atoms with Crippen molar-refractivity contribution in [3.8, 4) is 22.9 Å². The number of nitrogens with zero attached hydrogens (tertiary/aromatic N) is 4. The van der Waals surface area contributed by atoms with Gasteiger partial charge in [0.25, 0.3) is 0 Å². The van der Waals surface area contributed by atoms with Gasteiger partial charge in [0.2, 0.25) is 5.16 Å². The third-order valence-corrected chi connectivity index (χ3v) is 5.37. The normalized spacial score (nSPS) is 13.1. The monoisotopic (exact) mass is 388 g/mol. The van der Waals surface area contributed by atoms with Gasteiger partial charge in [-0.3, -0.25) is 0 Å². The number of fused-ring (bicyclic) bond motifs is 1. The lowest BCUT2D eigenvalue weighted by molar-refractivity contribution is 0.482. The number of aromatic nitrogens is 3. The molecule has 1 aliphatic rings. The van der Waals surface area contributed by atoms with Crippen LogP contribution in [0.2, 0.25) is 0 Å². The lowest BCUT2D eigenvalue weighted by Crippen LogP contribution is -2.13. The van der Waals surface area contributed by atoms with E-state index in [1.807, 2.05) is 67.6 Å². The van der Waals surface area contributed by atoms with E-state index in [0.717, 1.165) is 45.0 Å². The molecular formula is C21H16N4O2S. The minimum atomic E-state index is 0.690. The van der Waals surface area contributed by atoms with Gasteiger partial charge in [0.1, 0.15) is 17.3 Å². The maximum atomic E-state index is 5.87. The fourth-order valence-corrected chi connectivity index (χ4v) is 3.83. The van der Waals surface area contributed by atoms with Crippen LogP contribution in [0.15, 0.2) is 81.6 Å². The number of furan rings is 1. The maximum Gasteiger partial charge on any atom is 0.212 e. The van der Waals surface area contributed by atoms with E-state index in [9.17, 15) is 0 Å². The van der Waals surface area contributed by atoms with Crippen molar-refractivity contribution in [3.63, 3.8) is 0 Å². The van der Waals surface area contributed by atoms with Crippen LogP contribution in [0.1, 0.15) is 11.3 Å². The van der Waals surface area contributed by atoms with Gasteiger partial charge in [-0.25, -0.2) is 0 Å². The van der Waals surface area contributed by atoms with E-state index < -0.39 is 0 Å². The highest BCUT2D eigenvalue weighted by Gasteiger charge is 2.22. The summed E-state index contributed by atoms with van der Waals surface area (Å²) in [5, 5.41) is 14.1. The predicted octanol–water partition coefficient (Wildman–Crippen LogP) is 5.00. The Morgan fingerprint density at radius 2 is 1.75 bits per heavy atom. The second-order valence-corrected chi connectivity index (χ2v) is 7.23. The Kier molecular flexibility index (Phi) is 4.21. The van der Waals surface area contributed by atoms with Crippen molar-refractivity contribution in [2.75, 3.05) is 5.75 Å². The Morgan fingerprint density at radius 1 is 0.964 bits per heavy atom. The van der Waals surface area contributed by atoms with Gasteiger partial charge in [-0.05, 0) is 55.0 Å². The molecule has 0 fully saturated rings. The fourth-order valence-electron chi connectivity index (χ4n) is 2.99. The molecule has 0 aliphatic carbocycles. The molecule has 2 aromatic heterocycles. The van der Waals surface area contributed by atoms with Gasteiger partial charge in [-0.2, -0.15) is 9.78 Å². The molecule has 138 valence electrons. The number of para-hydroxylation sites is 1. The highest BCUT2D eigenvalue weighted by atomic mass is 32.2. The average molecular weight is 388 g/mol. The molecule has 2 aromatic carbocycles. The van der Waals surface area contributed by atoms with E-state index in [2.05, 4.69) is 10.2 Å². The molecule has 0 saturated heterocycles. The molecule has 0 spiro atoms. The van der Waals surface area contributed by atoms with Crippen molar-refractivity contribution in [3.05, 3.63) is 78.3 Å². The molecule has 6 nitrogen and oxygen atoms in total. The minimum Gasteiger partial charge on any atom is -0.469 e. The molecule has 4 aromatic rings. The maximum absolute atomic E-state index is 5.87. The first-order valence-corrected chi connectivity index (χ1v) is 9.80. The first kappa shape index (κ1) is 16.8. The Bertz CT molecular complexity index is 1150. The van der Waals surface area contributed by atoms with Crippen LogP contribution in [0.3, 0.4) is 0 Å². The highest BCUT2D eigenvalue weighted by molar-refractivity contribution is 7.99. The summed E-state index contributed by atoms with van der Waals surface area (Å²) in [6, 6.07) is 19.6. The largest absolute Gasteiger partial charge is 0.469 e. The van der Waals surface area contributed by atoms with Crippen molar-refractivity contribution in [1.29, 1.82) is 0 Å². The lowest BCUT2D eigenvalue weighted by atomic mass is 10.1. The molecule has 1 aliphatic heterocycles. The number of ether oxygens (including phenoxy) is 1. The molecule has 0 amide bonds. The summed E-state index contributed by atoms with van der Waals surface area (Å²) in [4.78, 5) is 0. The van der Waals surface area contributed by atoms with Crippen LogP contribution in [0.5, 0.6) is 11.5 Å². The average Bonchev–Trinajstić information content (AvgIpc) is 3.34. The van der Waals surface area contributed by atoms with Crippen LogP contribution < -0.4 is 4.74 Å². The van der Waals surface area contributed by atoms with Crippen molar-refractivity contribution in [2.45, 2.75) is 12.1 Å². The van der Waals surface area contributed by atoms with Gasteiger partial charge in [-0.1, -0.05) is 30.0 Å². The molecule has 0 saturated carbocycles. The second kappa shape index (κ2) is 7.01. The van der Waals surface area contributed by atoms with Crippen LogP contribution >= 0.6 is 11.8 Å². The van der Waals surface area contributed by atoms with E-state index in [4.69, 9.17) is 14.3 Å². The molecule has 0 bridgehead atoms. The third kappa shape index (κ3) is 3.10. The van der Waals surface area contributed by atoms with Gasteiger partial charge in [0.15, 0.2) is 5.82 Å². The van der Waals surface area contributed by atoms with Crippen LogP contribution in [-0.4, -0.2) is 26.3 Å². The van der Waals surface area contributed by atoms with Gasteiger partial charge in [-0.15, -0.1) is 10.2 Å². The standard InChI is InChI=1S/C21H16N4O2S/c1-14-18(11-12-26-14)20-22-23-21-25(20)24-19(13-28-21)15-7-9-17(10-8-15)27-16-5-3-2-4-6-16/h2-12H,13H2,1H3. The second-order valence-electron chi connectivity index (χ2n) is 6.28. The zero-order valence-corrected chi connectivity index (χ0v) is 15.9. The highest BCUT2D eigenvalue weighted by Crippen LogP contribution is 2.30. The zero-order chi connectivity index (χ0) is 18.9. The number of hydrogen-bond acceptors (Lipinski definition) is 6. The smallest absolute Gasteiger partial charge is 0.212 e. The Balaban J connectivity index is 1.44.